The van der Waals surface area contributed by atoms with Crippen molar-refractivity contribution in [3.8, 4) is 0 Å². The molecule has 1 heterocycles. The Balaban J connectivity index is 2.04. The number of nitrogens with zero attached hydrogens (tertiary/aromatic N) is 2. The van der Waals surface area contributed by atoms with Gasteiger partial charge in [0, 0.05) is 35.8 Å². The Hall–Kier alpha value is -2.07. The quantitative estimate of drug-likeness (QED) is 0.825. The summed E-state index contributed by atoms with van der Waals surface area (Å²) in [7, 11) is 0. The molecule has 0 amide bonds. The van der Waals surface area contributed by atoms with E-state index in [-0.39, 0.29) is 6.61 Å². The van der Waals surface area contributed by atoms with Crippen LogP contribution in [0.25, 0.3) is 6.20 Å². The fraction of sp³-hybridized carbons (Fsp3) is 0.154. The molecule has 88 valence electrons. The van der Waals surface area contributed by atoms with E-state index in [1.807, 2.05) is 30.5 Å². The van der Waals surface area contributed by atoms with Gasteiger partial charge in [0.05, 0.1) is 12.8 Å². The second-order valence-electron chi connectivity index (χ2n) is 3.68. The molecule has 0 aliphatic rings. The summed E-state index contributed by atoms with van der Waals surface area (Å²) in [5.74, 6) is 0. The van der Waals surface area contributed by atoms with E-state index in [0.29, 0.717) is 6.54 Å². The zero-order valence-electron chi connectivity index (χ0n) is 9.50. The SMILES string of the molecule is C=Cn1cc(CNc2ccccc2CO)cn1. The highest BCUT2D eigenvalue weighted by atomic mass is 16.3. The summed E-state index contributed by atoms with van der Waals surface area (Å²) in [5.41, 5.74) is 2.91. The second kappa shape index (κ2) is 5.32. The van der Waals surface area contributed by atoms with Gasteiger partial charge >= 0.3 is 0 Å². The fourth-order valence-corrected chi connectivity index (χ4v) is 1.60. The largest absolute Gasteiger partial charge is 0.392 e. The van der Waals surface area contributed by atoms with Crippen LogP contribution in [0, 0.1) is 0 Å². The molecule has 4 heteroatoms. The lowest BCUT2D eigenvalue weighted by Crippen LogP contribution is -2.01. The van der Waals surface area contributed by atoms with Gasteiger partial charge < -0.3 is 10.4 Å². The zero-order valence-corrected chi connectivity index (χ0v) is 9.50. The van der Waals surface area contributed by atoms with Crippen LogP contribution in [0.4, 0.5) is 5.69 Å². The Morgan fingerprint density at radius 1 is 1.41 bits per heavy atom. The minimum Gasteiger partial charge on any atom is -0.392 e. The van der Waals surface area contributed by atoms with Gasteiger partial charge in [0.15, 0.2) is 0 Å². The van der Waals surface area contributed by atoms with Gasteiger partial charge in [0.1, 0.15) is 0 Å². The summed E-state index contributed by atoms with van der Waals surface area (Å²) >= 11 is 0. The van der Waals surface area contributed by atoms with E-state index in [2.05, 4.69) is 17.0 Å². The van der Waals surface area contributed by atoms with Crippen molar-refractivity contribution in [3.63, 3.8) is 0 Å². The number of anilines is 1. The van der Waals surface area contributed by atoms with E-state index in [9.17, 15) is 5.11 Å². The Bertz CT molecular complexity index is 505. The van der Waals surface area contributed by atoms with Gasteiger partial charge in [-0.2, -0.15) is 5.10 Å². The monoisotopic (exact) mass is 229 g/mol. The van der Waals surface area contributed by atoms with Gasteiger partial charge in [-0.3, -0.25) is 0 Å². The zero-order chi connectivity index (χ0) is 12.1. The second-order valence-corrected chi connectivity index (χ2v) is 3.68. The highest BCUT2D eigenvalue weighted by Gasteiger charge is 2.01. The lowest BCUT2D eigenvalue weighted by atomic mass is 10.2. The molecule has 0 unspecified atom stereocenters. The lowest BCUT2D eigenvalue weighted by Gasteiger charge is -2.08. The van der Waals surface area contributed by atoms with Crippen molar-refractivity contribution in [1.29, 1.82) is 0 Å². The smallest absolute Gasteiger partial charge is 0.0701 e. The molecule has 0 saturated heterocycles. The number of rotatable bonds is 5. The first-order valence-electron chi connectivity index (χ1n) is 5.41. The van der Waals surface area contributed by atoms with Crippen molar-refractivity contribution in [3.05, 3.63) is 54.4 Å². The summed E-state index contributed by atoms with van der Waals surface area (Å²) in [6, 6.07) is 7.69. The number of aromatic nitrogens is 2. The molecule has 2 rings (SSSR count). The van der Waals surface area contributed by atoms with Crippen molar-refractivity contribution in [2.45, 2.75) is 13.2 Å². The van der Waals surface area contributed by atoms with Crippen LogP contribution < -0.4 is 5.32 Å². The summed E-state index contributed by atoms with van der Waals surface area (Å²) < 4.78 is 1.66. The average molecular weight is 229 g/mol. The maximum atomic E-state index is 9.19. The maximum Gasteiger partial charge on any atom is 0.0701 e. The average Bonchev–Trinajstić information content (AvgIpc) is 2.84. The molecule has 0 fully saturated rings. The molecular weight excluding hydrogens is 214 g/mol. The molecule has 0 bridgehead atoms. The van der Waals surface area contributed by atoms with Gasteiger partial charge in [-0.05, 0) is 6.07 Å². The molecule has 2 N–H and O–H groups in total. The predicted molar refractivity (Wildman–Crippen MR) is 68.3 cm³/mol. The number of para-hydroxylation sites is 1. The molecule has 17 heavy (non-hydrogen) atoms. The number of aliphatic hydroxyl groups excluding tert-OH is 1. The Kier molecular flexibility index (Phi) is 3.57. The molecule has 0 spiro atoms. The Labute approximate surface area is 100 Å². The summed E-state index contributed by atoms with van der Waals surface area (Å²) in [6.45, 7) is 4.35. The number of aliphatic hydroxyl groups is 1. The fourth-order valence-electron chi connectivity index (χ4n) is 1.60. The van der Waals surface area contributed by atoms with Crippen LogP contribution in [0.15, 0.2) is 43.2 Å². The number of benzene rings is 1. The van der Waals surface area contributed by atoms with E-state index in [1.165, 1.54) is 0 Å². The molecule has 0 saturated carbocycles. The minimum atomic E-state index is 0.0368. The topological polar surface area (TPSA) is 50.1 Å². The first-order valence-corrected chi connectivity index (χ1v) is 5.41. The van der Waals surface area contributed by atoms with Crippen LogP contribution in [-0.4, -0.2) is 14.9 Å². The van der Waals surface area contributed by atoms with E-state index in [4.69, 9.17) is 0 Å². The highest BCUT2D eigenvalue weighted by Crippen LogP contribution is 2.15. The lowest BCUT2D eigenvalue weighted by molar-refractivity contribution is 0.282. The van der Waals surface area contributed by atoms with Gasteiger partial charge in [-0.15, -0.1) is 0 Å². The molecule has 0 radical (unpaired) electrons. The minimum absolute atomic E-state index is 0.0368. The first kappa shape index (κ1) is 11.4. The van der Waals surface area contributed by atoms with Gasteiger partial charge in [-0.1, -0.05) is 24.8 Å². The molecule has 0 aliphatic heterocycles. The summed E-state index contributed by atoms with van der Waals surface area (Å²) in [4.78, 5) is 0. The van der Waals surface area contributed by atoms with Crippen molar-refractivity contribution < 1.29 is 5.11 Å². The molecule has 1 aromatic heterocycles. The predicted octanol–water partition coefficient (Wildman–Crippen LogP) is 2.09. The van der Waals surface area contributed by atoms with Crippen LogP contribution in [0.2, 0.25) is 0 Å². The Morgan fingerprint density at radius 3 is 2.94 bits per heavy atom. The van der Waals surface area contributed by atoms with Crippen LogP contribution in [0.1, 0.15) is 11.1 Å². The first-order chi connectivity index (χ1) is 8.33. The number of hydrogen-bond donors (Lipinski definition) is 2. The summed E-state index contributed by atoms with van der Waals surface area (Å²) in [5, 5.41) is 16.6. The van der Waals surface area contributed by atoms with Crippen LogP contribution in [-0.2, 0) is 13.2 Å². The van der Waals surface area contributed by atoms with E-state index >= 15 is 0 Å². The third kappa shape index (κ3) is 2.73. The summed E-state index contributed by atoms with van der Waals surface area (Å²) in [6.07, 6.45) is 5.34. The van der Waals surface area contributed by atoms with E-state index in [1.54, 1.807) is 17.1 Å². The third-order valence-corrected chi connectivity index (χ3v) is 2.51. The van der Waals surface area contributed by atoms with Crippen molar-refractivity contribution >= 4 is 11.9 Å². The Morgan fingerprint density at radius 2 is 2.24 bits per heavy atom. The third-order valence-electron chi connectivity index (χ3n) is 2.51. The molecule has 0 atom stereocenters. The number of nitrogens with one attached hydrogen (secondary N) is 1. The van der Waals surface area contributed by atoms with Crippen molar-refractivity contribution in [2.24, 2.45) is 0 Å². The molecule has 2 aromatic rings. The molecule has 4 nitrogen and oxygen atoms in total. The normalized spacial score (nSPS) is 10.2. The van der Waals surface area contributed by atoms with Crippen LogP contribution in [0.3, 0.4) is 0 Å². The molecular formula is C13H15N3O. The van der Waals surface area contributed by atoms with Crippen LogP contribution >= 0.6 is 0 Å². The van der Waals surface area contributed by atoms with E-state index in [0.717, 1.165) is 16.8 Å². The van der Waals surface area contributed by atoms with Crippen molar-refractivity contribution in [2.75, 3.05) is 5.32 Å². The van der Waals surface area contributed by atoms with Gasteiger partial charge in [0.25, 0.3) is 0 Å². The van der Waals surface area contributed by atoms with Gasteiger partial charge in [0.2, 0.25) is 0 Å². The highest BCUT2D eigenvalue weighted by molar-refractivity contribution is 5.50. The van der Waals surface area contributed by atoms with Gasteiger partial charge in [-0.25, -0.2) is 4.68 Å². The number of hydrogen-bond acceptors (Lipinski definition) is 3. The maximum absolute atomic E-state index is 9.19. The van der Waals surface area contributed by atoms with E-state index < -0.39 is 0 Å². The molecule has 1 aromatic carbocycles. The molecule has 0 aliphatic carbocycles. The standard InChI is InChI=1S/C13H15N3O/c1-2-16-9-11(8-15-16)7-14-13-6-4-3-5-12(13)10-17/h2-6,8-9,14,17H,1,7,10H2. The van der Waals surface area contributed by atoms with Crippen molar-refractivity contribution in [1.82, 2.24) is 9.78 Å². The van der Waals surface area contributed by atoms with Crippen LogP contribution in [0.5, 0.6) is 0 Å².